The van der Waals surface area contributed by atoms with Crippen LogP contribution >= 0.6 is 15.9 Å². The molecule has 0 spiro atoms. The Hall–Kier alpha value is -1.32. The number of ether oxygens (including phenoxy) is 2. The lowest BCUT2D eigenvalue weighted by atomic mass is 9.98. The predicted octanol–water partition coefficient (Wildman–Crippen LogP) is 7.00. The Labute approximate surface area is 160 Å². The molecule has 3 heteroatoms. The Morgan fingerprint density at radius 1 is 0.880 bits per heavy atom. The molecule has 0 N–H and O–H groups in total. The lowest BCUT2D eigenvalue weighted by Crippen LogP contribution is -2.01. The van der Waals surface area contributed by atoms with Crippen molar-refractivity contribution in [1.82, 2.24) is 0 Å². The first-order chi connectivity index (χ1) is 12.3. The minimum atomic E-state index is 0.258. The van der Waals surface area contributed by atoms with Crippen molar-refractivity contribution in [3.63, 3.8) is 0 Å². The first-order valence-corrected chi connectivity index (χ1v) is 10.0. The third kappa shape index (κ3) is 6.48. The van der Waals surface area contributed by atoms with Gasteiger partial charge in [-0.1, -0.05) is 79.2 Å². The summed E-state index contributed by atoms with van der Waals surface area (Å²) in [6, 6.07) is 14.8. The molecule has 0 saturated heterocycles. The maximum absolute atomic E-state index is 5.78. The summed E-state index contributed by atoms with van der Waals surface area (Å²) in [7, 11) is 1.64. The minimum absolute atomic E-state index is 0.258. The van der Waals surface area contributed by atoms with E-state index in [1.807, 2.05) is 6.07 Å². The van der Waals surface area contributed by atoms with Gasteiger partial charge < -0.3 is 9.47 Å². The molecule has 0 fully saturated rings. The number of benzene rings is 2. The second-order valence-corrected chi connectivity index (χ2v) is 7.23. The molecular weight excluding hydrogens is 376 g/mol. The summed E-state index contributed by atoms with van der Waals surface area (Å²) in [5.74, 6) is 0.862. The van der Waals surface area contributed by atoms with E-state index in [0.29, 0.717) is 0 Å². The van der Waals surface area contributed by atoms with Gasteiger partial charge in [-0.3, -0.25) is 0 Å². The average Bonchev–Trinajstić information content (AvgIpc) is 2.64. The molecule has 25 heavy (non-hydrogen) atoms. The van der Waals surface area contributed by atoms with Crippen LogP contribution in [0.2, 0.25) is 0 Å². The lowest BCUT2D eigenvalue weighted by Gasteiger charge is -2.14. The van der Waals surface area contributed by atoms with Gasteiger partial charge in [0.25, 0.3) is 0 Å². The summed E-state index contributed by atoms with van der Waals surface area (Å²) >= 11 is 3.66. The van der Waals surface area contributed by atoms with Crippen molar-refractivity contribution in [2.75, 3.05) is 13.9 Å². The summed E-state index contributed by atoms with van der Waals surface area (Å²) in [6.07, 6.45) is 9.05. The van der Waals surface area contributed by atoms with E-state index in [0.717, 1.165) is 27.8 Å². The number of rotatable bonds is 11. The van der Waals surface area contributed by atoms with Gasteiger partial charge in [0.05, 0.1) is 0 Å². The summed E-state index contributed by atoms with van der Waals surface area (Å²) in [4.78, 5) is 0. The zero-order valence-corrected chi connectivity index (χ0v) is 17.0. The Kier molecular flexibility index (Phi) is 9.06. The van der Waals surface area contributed by atoms with Gasteiger partial charge in [0.1, 0.15) is 5.75 Å². The number of hydrogen-bond acceptors (Lipinski definition) is 2. The quantitative estimate of drug-likeness (QED) is 0.296. The van der Waals surface area contributed by atoms with Crippen LogP contribution in [0.4, 0.5) is 0 Å². The molecule has 0 aromatic heterocycles. The van der Waals surface area contributed by atoms with E-state index in [1.165, 1.54) is 44.1 Å². The van der Waals surface area contributed by atoms with Gasteiger partial charge in [-0.2, -0.15) is 0 Å². The van der Waals surface area contributed by atoms with Crippen molar-refractivity contribution in [2.24, 2.45) is 0 Å². The molecule has 136 valence electrons. The van der Waals surface area contributed by atoms with Gasteiger partial charge in [0.2, 0.25) is 0 Å². The smallest absolute Gasteiger partial charge is 0.188 e. The fourth-order valence-electron chi connectivity index (χ4n) is 2.98. The Morgan fingerprint density at radius 3 is 2.40 bits per heavy atom. The fraction of sp³-hybridized carbons (Fsp3) is 0.455. The Balaban J connectivity index is 2.10. The molecule has 0 heterocycles. The highest BCUT2D eigenvalue weighted by Crippen LogP contribution is 2.36. The molecule has 0 saturated carbocycles. The van der Waals surface area contributed by atoms with Crippen molar-refractivity contribution >= 4 is 15.9 Å². The van der Waals surface area contributed by atoms with Crippen LogP contribution in [-0.4, -0.2) is 13.9 Å². The van der Waals surface area contributed by atoms with Crippen LogP contribution in [0.25, 0.3) is 11.1 Å². The fourth-order valence-corrected chi connectivity index (χ4v) is 3.48. The Morgan fingerprint density at radius 2 is 1.64 bits per heavy atom. The van der Waals surface area contributed by atoms with Crippen LogP contribution in [0.3, 0.4) is 0 Å². The van der Waals surface area contributed by atoms with Crippen molar-refractivity contribution in [3.05, 3.63) is 52.5 Å². The van der Waals surface area contributed by atoms with Crippen molar-refractivity contribution < 1.29 is 9.47 Å². The van der Waals surface area contributed by atoms with Crippen molar-refractivity contribution in [1.29, 1.82) is 0 Å². The van der Waals surface area contributed by atoms with Gasteiger partial charge in [-0.25, -0.2) is 0 Å². The molecule has 0 aliphatic rings. The molecular formula is C22H29BrO2. The molecule has 0 bridgehead atoms. The van der Waals surface area contributed by atoms with Crippen LogP contribution in [-0.2, 0) is 11.2 Å². The van der Waals surface area contributed by atoms with E-state index in [-0.39, 0.29) is 6.79 Å². The standard InChI is InChI=1S/C22H29BrO2/c1-3-4-5-6-7-8-11-18-14-15-22(25-17-24-2)20(16-18)19-12-9-10-13-21(19)23/h9-10,12-16H,3-8,11,17H2,1-2H3. The van der Waals surface area contributed by atoms with E-state index in [9.17, 15) is 0 Å². The molecule has 0 aliphatic heterocycles. The summed E-state index contributed by atoms with van der Waals surface area (Å²) in [5, 5.41) is 0. The average molecular weight is 405 g/mol. The van der Waals surface area contributed by atoms with Crippen LogP contribution in [0.15, 0.2) is 46.9 Å². The normalized spacial score (nSPS) is 10.8. The SMILES string of the molecule is CCCCCCCCc1ccc(OCOC)c(-c2ccccc2Br)c1. The summed E-state index contributed by atoms with van der Waals surface area (Å²) in [6.45, 7) is 2.52. The molecule has 2 nitrogen and oxygen atoms in total. The monoisotopic (exact) mass is 404 g/mol. The maximum atomic E-state index is 5.78. The maximum Gasteiger partial charge on any atom is 0.188 e. The minimum Gasteiger partial charge on any atom is -0.467 e. The van der Waals surface area contributed by atoms with E-state index >= 15 is 0 Å². The third-order valence-electron chi connectivity index (χ3n) is 4.36. The van der Waals surface area contributed by atoms with Crippen LogP contribution in [0, 0.1) is 0 Å². The van der Waals surface area contributed by atoms with Crippen molar-refractivity contribution in [3.8, 4) is 16.9 Å². The number of unbranched alkanes of at least 4 members (excludes halogenated alkanes) is 5. The largest absolute Gasteiger partial charge is 0.467 e. The molecule has 0 unspecified atom stereocenters. The number of methoxy groups -OCH3 is 1. The number of halogens is 1. The topological polar surface area (TPSA) is 18.5 Å². The predicted molar refractivity (Wildman–Crippen MR) is 109 cm³/mol. The summed E-state index contributed by atoms with van der Waals surface area (Å²) < 4.78 is 11.9. The van der Waals surface area contributed by atoms with Crippen molar-refractivity contribution in [2.45, 2.75) is 51.9 Å². The van der Waals surface area contributed by atoms with Gasteiger partial charge >= 0.3 is 0 Å². The first-order valence-electron chi connectivity index (χ1n) is 9.25. The zero-order chi connectivity index (χ0) is 17.9. The highest BCUT2D eigenvalue weighted by Gasteiger charge is 2.11. The van der Waals surface area contributed by atoms with Crippen LogP contribution < -0.4 is 4.74 Å². The van der Waals surface area contributed by atoms with Gasteiger partial charge in [0, 0.05) is 17.1 Å². The molecule has 0 atom stereocenters. The molecule has 2 aromatic carbocycles. The second-order valence-electron chi connectivity index (χ2n) is 6.38. The van der Waals surface area contributed by atoms with Gasteiger partial charge in [-0.15, -0.1) is 0 Å². The van der Waals surface area contributed by atoms with Crippen LogP contribution in [0.5, 0.6) is 5.75 Å². The van der Waals surface area contributed by atoms with Gasteiger partial charge in [0.15, 0.2) is 6.79 Å². The first kappa shape index (κ1) is 20.0. The molecule has 0 radical (unpaired) electrons. The molecule has 0 aliphatic carbocycles. The molecule has 0 amide bonds. The number of aryl methyl sites for hydroxylation is 1. The van der Waals surface area contributed by atoms with E-state index < -0.39 is 0 Å². The molecule has 2 aromatic rings. The Bertz CT molecular complexity index is 640. The lowest BCUT2D eigenvalue weighted by molar-refractivity contribution is 0.0515. The van der Waals surface area contributed by atoms with E-state index in [1.54, 1.807) is 7.11 Å². The van der Waals surface area contributed by atoms with Gasteiger partial charge in [-0.05, 0) is 42.2 Å². The highest BCUT2D eigenvalue weighted by atomic mass is 79.9. The number of hydrogen-bond donors (Lipinski definition) is 0. The second kappa shape index (κ2) is 11.3. The molecule has 2 rings (SSSR count). The third-order valence-corrected chi connectivity index (χ3v) is 5.05. The summed E-state index contributed by atoms with van der Waals surface area (Å²) in [5.41, 5.74) is 3.64. The van der Waals surface area contributed by atoms with E-state index in [2.05, 4.69) is 59.3 Å². The highest BCUT2D eigenvalue weighted by molar-refractivity contribution is 9.10. The van der Waals surface area contributed by atoms with Crippen LogP contribution in [0.1, 0.15) is 51.0 Å². The zero-order valence-electron chi connectivity index (χ0n) is 15.4. The van der Waals surface area contributed by atoms with E-state index in [4.69, 9.17) is 9.47 Å².